The predicted molar refractivity (Wildman–Crippen MR) is 65.1 cm³/mol. The molecule has 2 fully saturated rings. The third kappa shape index (κ3) is 10.2. The van der Waals surface area contributed by atoms with E-state index < -0.39 is 29.3 Å². The van der Waals surface area contributed by atoms with E-state index in [2.05, 4.69) is 45.8 Å². The third-order valence-electron chi connectivity index (χ3n) is 1.13. The van der Waals surface area contributed by atoms with Crippen LogP contribution in [0.3, 0.4) is 0 Å². The van der Waals surface area contributed by atoms with Crippen molar-refractivity contribution in [2.24, 2.45) is 22.9 Å². The number of hydrogen-bond donors (Lipinski definition) is 8. The zero-order valence-electron chi connectivity index (χ0n) is 9.55. The van der Waals surface area contributed by atoms with Gasteiger partial charge in [0.15, 0.2) is 11.9 Å². The Hall–Kier alpha value is -1.48. The molecule has 0 aliphatic carbocycles. The molecular weight excluding hydrogens is 263 g/mol. The van der Waals surface area contributed by atoms with Crippen molar-refractivity contribution >= 4 is 41.2 Å². The van der Waals surface area contributed by atoms with Crippen molar-refractivity contribution in [2.75, 3.05) is 0 Å². The van der Waals surface area contributed by atoms with Crippen molar-refractivity contribution in [3.8, 4) is 0 Å². The minimum Gasteiger partial charge on any atom is -0.403 e. The molecule has 2 aliphatic rings. The summed E-state index contributed by atoms with van der Waals surface area (Å²) < 4.78 is 22.6. The lowest BCUT2D eigenvalue weighted by Gasteiger charge is -2.31. The highest BCUT2D eigenvalue weighted by molar-refractivity contribution is 6.74. The second-order valence-electron chi connectivity index (χ2n) is 2.78. The van der Waals surface area contributed by atoms with E-state index in [4.69, 9.17) is 20.9 Å². The quantitative estimate of drug-likeness (QED) is 0.118. The second-order valence-corrected chi connectivity index (χ2v) is 2.78. The number of fused-ring (bicyclic) bond motifs is 2. The fourth-order valence-corrected chi connectivity index (χ4v) is 0.728. The first-order valence-corrected chi connectivity index (χ1v) is 4.53. The van der Waals surface area contributed by atoms with E-state index in [1.54, 1.807) is 0 Å². The van der Waals surface area contributed by atoms with E-state index in [1.807, 2.05) is 0 Å². The molecular formula is C2H12B4N6O7. The molecule has 0 atom stereocenters. The summed E-state index contributed by atoms with van der Waals surface area (Å²) in [6, 6.07) is 0. The standard InChI is InChI=1S/2CH5N3.B4H2O7/c2*2-1(3)4;5-1-7-3-9-2(6)10-4(8-1)11-3/h2*(H5,2,3,4);5-6H. The summed E-state index contributed by atoms with van der Waals surface area (Å²) in [6.45, 7) is 0. The molecule has 19 heavy (non-hydrogen) atoms. The lowest BCUT2D eigenvalue weighted by molar-refractivity contribution is 0.0834. The number of guanidine groups is 2. The normalized spacial score (nSPS) is 16.7. The Kier molecular flexibility index (Phi) is 7.92. The molecule has 17 heteroatoms. The topological polar surface area (TPSA) is 238 Å². The van der Waals surface area contributed by atoms with E-state index in [9.17, 15) is 0 Å². The lowest BCUT2D eigenvalue weighted by atomic mass is 9.90. The molecule has 0 saturated carbocycles. The molecule has 0 aromatic carbocycles. The first-order chi connectivity index (χ1) is 8.70. The van der Waals surface area contributed by atoms with E-state index in [0.717, 1.165) is 0 Å². The van der Waals surface area contributed by atoms with Gasteiger partial charge >= 0.3 is 29.3 Å². The Morgan fingerprint density at radius 3 is 1.11 bits per heavy atom. The van der Waals surface area contributed by atoms with Gasteiger partial charge in [-0.1, -0.05) is 0 Å². The van der Waals surface area contributed by atoms with Gasteiger partial charge in [-0.15, -0.1) is 0 Å². The van der Waals surface area contributed by atoms with Crippen LogP contribution in [0.5, 0.6) is 0 Å². The molecule has 2 heterocycles. The Labute approximate surface area is 109 Å². The van der Waals surface area contributed by atoms with Crippen LogP contribution in [0.25, 0.3) is 0 Å². The minimum absolute atomic E-state index is 0.333. The van der Waals surface area contributed by atoms with Crippen molar-refractivity contribution < 1.29 is 32.9 Å². The molecule has 104 valence electrons. The van der Waals surface area contributed by atoms with E-state index >= 15 is 0 Å². The smallest absolute Gasteiger partial charge is 0.403 e. The van der Waals surface area contributed by atoms with Crippen LogP contribution in [0.1, 0.15) is 0 Å². The number of rotatable bonds is 0. The highest BCUT2D eigenvalue weighted by Gasteiger charge is 2.52. The van der Waals surface area contributed by atoms with Gasteiger partial charge in [-0.05, 0) is 0 Å². The molecule has 2 saturated heterocycles. The molecule has 0 aromatic heterocycles. The van der Waals surface area contributed by atoms with Crippen molar-refractivity contribution in [2.45, 2.75) is 0 Å². The van der Waals surface area contributed by atoms with Crippen LogP contribution in [-0.4, -0.2) is 51.3 Å². The second kappa shape index (κ2) is 8.59. The highest BCUT2D eigenvalue weighted by Crippen LogP contribution is 2.14. The Bertz CT molecular complexity index is 256. The van der Waals surface area contributed by atoms with Crippen LogP contribution in [-0.2, 0) is 22.9 Å². The monoisotopic (exact) mass is 276 g/mol. The molecule has 0 spiro atoms. The number of nitrogens with two attached hydrogens (primary N) is 4. The molecule has 0 amide bonds. The average Bonchev–Trinajstić information content (AvgIpc) is 2.11. The SMILES string of the molecule is N=C(N)N.N=C(N)N.OB1OB2OB(O)OB(O1)O2. The maximum atomic E-state index is 8.74. The fourth-order valence-electron chi connectivity index (χ4n) is 0.728. The summed E-state index contributed by atoms with van der Waals surface area (Å²) in [5.41, 5.74) is 17.9. The highest BCUT2D eigenvalue weighted by atomic mass is 16.9. The fraction of sp³-hybridized carbons (Fsp3) is 0. The van der Waals surface area contributed by atoms with Crippen LogP contribution in [0, 0.1) is 10.8 Å². The van der Waals surface area contributed by atoms with Crippen molar-refractivity contribution in [1.82, 2.24) is 0 Å². The van der Waals surface area contributed by atoms with Gasteiger partial charge < -0.3 is 55.8 Å². The largest absolute Gasteiger partial charge is 0.612 e. The molecule has 2 rings (SSSR count). The van der Waals surface area contributed by atoms with Gasteiger partial charge in [0.25, 0.3) is 0 Å². The first-order valence-electron chi connectivity index (χ1n) is 4.53. The van der Waals surface area contributed by atoms with Gasteiger partial charge in [-0.2, -0.15) is 0 Å². The number of hydrogen-bond acceptors (Lipinski definition) is 9. The summed E-state index contributed by atoms with van der Waals surface area (Å²) in [6.07, 6.45) is 0. The third-order valence-corrected chi connectivity index (χ3v) is 1.13. The van der Waals surface area contributed by atoms with Crippen LogP contribution in [0.4, 0.5) is 0 Å². The van der Waals surface area contributed by atoms with E-state index in [0.29, 0.717) is 0 Å². The molecule has 13 nitrogen and oxygen atoms in total. The maximum absolute atomic E-state index is 8.74. The molecule has 2 aliphatic heterocycles. The zero-order valence-corrected chi connectivity index (χ0v) is 9.55. The molecule has 0 radical (unpaired) electrons. The van der Waals surface area contributed by atoms with Gasteiger partial charge in [0, 0.05) is 0 Å². The zero-order chi connectivity index (χ0) is 15.0. The summed E-state index contributed by atoms with van der Waals surface area (Å²) in [4.78, 5) is 0. The molecule has 2 bridgehead atoms. The van der Waals surface area contributed by atoms with Gasteiger partial charge in [0.1, 0.15) is 0 Å². The van der Waals surface area contributed by atoms with Gasteiger partial charge in [-0.25, -0.2) is 0 Å². The van der Waals surface area contributed by atoms with Crippen LogP contribution >= 0.6 is 0 Å². The van der Waals surface area contributed by atoms with Crippen LogP contribution < -0.4 is 22.9 Å². The Morgan fingerprint density at radius 2 is 0.895 bits per heavy atom. The van der Waals surface area contributed by atoms with Crippen molar-refractivity contribution in [1.29, 1.82) is 10.8 Å². The molecule has 0 aromatic rings. The van der Waals surface area contributed by atoms with Crippen LogP contribution in [0.15, 0.2) is 0 Å². The van der Waals surface area contributed by atoms with Gasteiger partial charge in [0.05, 0.1) is 0 Å². The van der Waals surface area contributed by atoms with Crippen LogP contribution in [0.2, 0.25) is 0 Å². The van der Waals surface area contributed by atoms with E-state index in [1.165, 1.54) is 0 Å². The Morgan fingerprint density at radius 1 is 0.684 bits per heavy atom. The summed E-state index contributed by atoms with van der Waals surface area (Å²) in [7, 11) is -5.20. The number of nitrogens with one attached hydrogen (secondary N) is 2. The summed E-state index contributed by atoms with van der Waals surface area (Å²) in [5, 5.41) is 29.6. The summed E-state index contributed by atoms with van der Waals surface area (Å²) >= 11 is 0. The van der Waals surface area contributed by atoms with Crippen molar-refractivity contribution in [3.63, 3.8) is 0 Å². The average molecular weight is 275 g/mol. The van der Waals surface area contributed by atoms with Gasteiger partial charge in [0.2, 0.25) is 0 Å². The molecule has 12 N–H and O–H groups in total. The predicted octanol–water partition coefficient (Wildman–Crippen LogP) is -5.30. The van der Waals surface area contributed by atoms with Crippen molar-refractivity contribution in [3.05, 3.63) is 0 Å². The lowest BCUT2D eigenvalue weighted by Crippen LogP contribution is -2.59. The molecule has 0 unspecified atom stereocenters. The maximum Gasteiger partial charge on any atom is 0.612 e. The van der Waals surface area contributed by atoms with E-state index in [-0.39, 0.29) is 11.9 Å². The summed E-state index contributed by atoms with van der Waals surface area (Å²) in [5.74, 6) is -0.667. The first kappa shape index (κ1) is 17.5. The minimum atomic E-state index is -1.45. The van der Waals surface area contributed by atoms with Gasteiger partial charge in [-0.3, -0.25) is 10.8 Å². The Balaban J connectivity index is 0.000000342.